The number of hydrogen-bond acceptors (Lipinski definition) is 9. The van der Waals surface area contributed by atoms with Crippen LogP contribution in [0.15, 0.2) is 54.6 Å². The van der Waals surface area contributed by atoms with Crippen LogP contribution in [0.3, 0.4) is 0 Å². The maximum Gasteiger partial charge on any atom is 0.346 e. The molecule has 254 valence electrons. The fourth-order valence-electron chi connectivity index (χ4n) is 4.17. The Labute approximate surface area is 271 Å². The van der Waals surface area contributed by atoms with E-state index in [1.807, 2.05) is 42.5 Å². The summed E-state index contributed by atoms with van der Waals surface area (Å²) in [4.78, 5) is 73.2. The van der Waals surface area contributed by atoms with Gasteiger partial charge in [0, 0.05) is 6.54 Å². The van der Waals surface area contributed by atoms with E-state index in [9.17, 15) is 33.5 Å². The highest BCUT2D eigenvalue weighted by molar-refractivity contribution is 7.52. The summed E-state index contributed by atoms with van der Waals surface area (Å²) in [5.41, 5.74) is 0.576. The monoisotopic (exact) mass is 662 g/mol. The molecular weight excluding hydrogens is 615 g/mol. The van der Waals surface area contributed by atoms with Gasteiger partial charge in [-0.25, -0.2) is 4.90 Å². The van der Waals surface area contributed by atoms with Crippen LogP contribution in [0.25, 0.3) is 11.1 Å². The zero-order valence-corrected chi connectivity index (χ0v) is 28.5. The minimum Gasteiger partial charge on any atom is -0.466 e. The standard InChI is InChI=1S/C33H47N2O10P/c1-8-43-28(36)18-19-34-29(37)26(20-23-14-16-25(17-15-23)24-12-10-9-11-13-24)35(22-45-31(39)33(5,6)7)27(46(40,41)42)21-44-30(38)32(2,3)4/h9-17,26-27H,8,18-22H2,1-7H3,(H,34,37)(H2,40,41,42). The Bertz CT molecular complexity index is 1360. The predicted octanol–water partition coefficient (Wildman–Crippen LogP) is 4.28. The van der Waals surface area contributed by atoms with Gasteiger partial charge in [0.25, 0.3) is 0 Å². The molecule has 2 atom stereocenters. The van der Waals surface area contributed by atoms with Crippen LogP contribution >= 0.6 is 7.60 Å². The lowest BCUT2D eigenvalue weighted by Gasteiger charge is -2.37. The number of nitrogens with one attached hydrogen (secondary N) is 1. The number of benzene rings is 2. The first-order valence-corrected chi connectivity index (χ1v) is 16.8. The second-order valence-electron chi connectivity index (χ2n) is 12.9. The molecule has 0 aliphatic rings. The minimum atomic E-state index is -5.13. The van der Waals surface area contributed by atoms with Crippen molar-refractivity contribution in [1.29, 1.82) is 0 Å². The van der Waals surface area contributed by atoms with Gasteiger partial charge in [-0.05, 0) is 71.6 Å². The molecule has 0 radical (unpaired) electrons. The quantitative estimate of drug-likeness (QED) is 0.108. The lowest BCUT2D eigenvalue weighted by atomic mass is 9.97. The van der Waals surface area contributed by atoms with E-state index in [1.165, 1.54) is 0 Å². The second kappa shape index (κ2) is 16.8. The van der Waals surface area contributed by atoms with E-state index in [-0.39, 0.29) is 26.0 Å². The van der Waals surface area contributed by atoms with Crippen molar-refractivity contribution in [3.63, 3.8) is 0 Å². The zero-order chi connectivity index (χ0) is 34.7. The molecule has 12 nitrogen and oxygen atoms in total. The third kappa shape index (κ3) is 12.3. The third-order valence-corrected chi connectivity index (χ3v) is 8.05. The smallest absolute Gasteiger partial charge is 0.346 e. The molecule has 0 spiro atoms. The number of carbonyl (C=O) groups excluding carboxylic acids is 4. The summed E-state index contributed by atoms with van der Waals surface area (Å²) < 4.78 is 28.7. The highest BCUT2D eigenvalue weighted by Gasteiger charge is 2.43. The number of rotatable bonds is 15. The van der Waals surface area contributed by atoms with Crippen LogP contribution < -0.4 is 5.32 Å². The maximum atomic E-state index is 13.8. The molecule has 2 rings (SSSR count). The first-order chi connectivity index (χ1) is 21.3. The summed E-state index contributed by atoms with van der Waals surface area (Å²) in [5, 5.41) is 2.64. The summed E-state index contributed by atoms with van der Waals surface area (Å²) in [6.45, 7) is 9.81. The minimum absolute atomic E-state index is 0.0723. The highest BCUT2D eigenvalue weighted by atomic mass is 31.2. The second-order valence-corrected chi connectivity index (χ2v) is 14.6. The van der Waals surface area contributed by atoms with Crippen molar-refractivity contribution < 1.29 is 47.7 Å². The molecule has 0 heterocycles. The van der Waals surface area contributed by atoms with Crippen molar-refractivity contribution in [2.45, 2.75) is 73.1 Å². The van der Waals surface area contributed by atoms with Gasteiger partial charge in [-0.3, -0.25) is 23.7 Å². The molecule has 2 aromatic rings. The van der Waals surface area contributed by atoms with Crippen molar-refractivity contribution in [2.24, 2.45) is 10.8 Å². The SMILES string of the molecule is CCOC(=O)CCNC(=O)C(Cc1ccc(-c2ccccc2)cc1)N(COC(=O)C(C)(C)C)C(COC(=O)C(C)(C)C)P(=O)(O)O. The van der Waals surface area contributed by atoms with Crippen LogP contribution in [0, 0.1) is 10.8 Å². The van der Waals surface area contributed by atoms with Gasteiger partial charge < -0.3 is 29.3 Å². The van der Waals surface area contributed by atoms with Crippen molar-refractivity contribution >= 4 is 31.4 Å². The van der Waals surface area contributed by atoms with E-state index >= 15 is 0 Å². The number of carbonyl (C=O) groups is 4. The van der Waals surface area contributed by atoms with Gasteiger partial charge in [-0.1, -0.05) is 54.6 Å². The fraction of sp³-hybridized carbons (Fsp3) is 0.515. The Balaban J connectivity index is 2.55. The van der Waals surface area contributed by atoms with Crippen LogP contribution in [0.5, 0.6) is 0 Å². The lowest BCUT2D eigenvalue weighted by molar-refractivity contribution is -0.164. The van der Waals surface area contributed by atoms with Crippen molar-refractivity contribution in [3.8, 4) is 11.1 Å². The molecular formula is C33H47N2O10P. The molecule has 0 fully saturated rings. The Hall–Kier alpha value is -3.57. The topological polar surface area (TPSA) is 169 Å². The largest absolute Gasteiger partial charge is 0.466 e. The van der Waals surface area contributed by atoms with Crippen LogP contribution in [0.4, 0.5) is 0 Å². The van der Waals surface area contributed by atoms with Crippen LogP contribution in [0.2, 0.25) is 0 Å². The molecule has 0 saturated carbocycles. The molecule has 2 unspecified atom stereocenters. The normalized spacial score (nSPS) is 13.4. The van der Waals surface area contributed by atoms with E-state index in [4.69, 9.17) is 14.2 Å². The number of amides is 1. The Kier molecular flexibility index (Phi) is 14.1. The Morgan fingerprint density at radius 1 is 0.826 bits per heavy atom. The van der Waals surface area contributed by atoms with Crippen molar-refractivity contribution in [1.82, 2.24) is 10.2 Å². The van der Waals surface area contributed by atoms with Gasteiger partial charge in [-0.15, -0.1) is 0 Å². The molecule has 1 amide bonds. The summed E-state index contributed by atoms with van der Waals surface area (Å²) in [5.74, 6) is -4.47. The van der Waals surface area contributed by atoms with Gasteiger partial charge in [0.1, 0.15) is 13.3 Å². The molecule has 46 heavy (non-hydrogen) atoms. The Morgan fingerprint density at radius 2 is 1.37 bits per heavy atom. The maximum absolute atomic E-state index is 13.8. The summed E-state index contributed by atoms with van der Waals surface area (Å²) in [7, 11) is -5.13. The van der Waals surface area contributed by atoms with Crippen LogP contribution in [0.1, 0.15) is 60.5 Å². The average Bonchev–Trinajstić information content (AvgIpc) is 2.96. The molecule has 0 saturated heterocycles. The molecule has 0 aliphatic carbocycles. The van der Waals surface area contributed by atoms with E-state index in [1.54, 1.807) is 60.6 Å². The molecule has 3 N–H and O–H groups in total. The van der Waals surface area contributed by atoms with Gasteiger partial charge in [0.05, 0.1) is 29.9 Å². The highest BCUT2D eigenvalue weighted by Crippen LogP contribution is 2.44. The first kappa shape index (κ1) is 38.6. The number of ether oxygens (including phenoxy) is 3. The molecule has 13 heteroatoms. The third-order valence-electron chi connectivity index (χ3n) is 6.83. The number of hydrogen-bond donors (Lipinski definition) is 3. The molecule has 0 aromatic heterocycles. The van der Waals surface area contributed by atoms with Gasteiger partial charge in [0.15, 0.2) is 5.78 Å². The van der Waals surface area contributed by atoms with Crippen molar-refractivity contribution in [3.05, 3.63) is 60.2 Å². The van der Waals surface area contributed by atoms with Crippen molar-refractivity contribution in [2.75, 3.05) is 26.5 Å². The van der Waals surface area contributed by atoms with Gasteiger partial charge in [-0.2, -0.15) is 0 Å². The number of nitrogens with zero attached hydrogens (tertiary/aromatic N) is 1. The summed E-state index contributed by atoms with van der Waals surface area (Å²) >= 11 is 0. The van der Waals surface area contributed by atoms with E-state index in [0.717, 1.165) is 16.0 Å². The lowest BCUT2D eigenvalue weighted by Crippen LogP contribution is -2.55. The van der Waals surface area contributed by atoms with E-state index in [2.05, 4.69) is 5.32 Å². The average molecular weight is 663 g/mol. The summed E-state index contributed by atoms with van der Waals surface area (Å²) in [6, 6.07) is 15.6. The zero-order valence-electron chi connectivity index (χ0n) is 27.6. The predicted molar refractivity (Wildman–Crippen MR) is 172 cm³/mol. The molecule has 0 bridgehead atoms. The van der Waals surface area contributed by atoms with E-state index in [0.29, 0.717) is 5.56 Å². The Morgan fingerprint density at radius 3 is 1.89 bits per heavy atom. The first-order valence-electron chi connectivity index (χ1n) is 15.1. The van der Waals surface area contributed by atoms with Gasteiger partial charge in [0.2, 0.25) is 5.91 Å². The van der Waals surface area contributed by atoms with Crippen LogP contribution in [-0.2, 0) is 44.4 Å². The summed E-state index contributed by atoms with van der Waals surface area (Å²) in [6.07, 6.45) is -0.209. The van der Waals surface area contributed by atoms with E-state index < -0.39 is 67.4 Å². The number of esters is 3. The van der Waals surface area contributed by atoms with Gasteiger partial charge >= 0.3 is 25.5 Å². The molecule has 2 aromatic carbocycles. The molecule has 0 aliphatic heterocycles. The van der Waals surface area contributed by atoms with Crippen LogP contribution in [-0.4, -0.2) is 76.8 Å². The fourth-order valence-corrected chi connectivity index (χ4v) is 5.06.